The SMILES string of the molecule is C=CCNc1nc(C(=O)OCC(=O)N2CCN(c3ccccn3)CC2)cs1. The molecule has 0 aromatic carbocycles. The molecule has 0 aliphatic carbocycles. The molecule has 3 heterocycles. The van der Waals surface area contributed by atoms with Crippen molar-refractivity contribution in [1.29, 1.82) is 0 Å². The Morgan fingerprint density at radius 2 is 2.11 bits per heavy atom. The van der Waals surface area contributed by atoms with Crippen LogP contribution in [0, 0.1) is 0 Å². The molecule has 0 atom stereocenters. The van der Waals surface area contributed by atoms with Gasteiger partial charge in [-0.1, -0.05) is 12.1 Å². The quantitative estimate of drug-likeness (QED) is 0.571. The number of esters is 1. The van der Waals surface area contributed by atoms with E-state index in [0.717, 1.165) is 5.82 Å². The summed E-state index contributed by atoms with van der Waals surface area (Å²) in [6.07, 6.45) is 3.45. The summed E-state index contributed by atoms with van der Waals surface area (Å²) in [6.45, 7) is 6.41. The van der Waals surface area contributed by atoms with Gasteiger partial charge in [0, 0.05) is 44.3 Å². The van der Waals surface area contributed by atoms with Crippen molar-refractivity contribution < 1.29 is 14.3 Å². The first kappa shape index (κ1) is 18.8. The number of pyridine rings is 1. The zero-order valence-corrected chi connectivity index (χ0v) is 15.7. The molecule has 1 aliphatic heterocycles. The van der Waals surface area contributed by atoms with Gasteiger partial charge in [-0.2, -0.15) is 0 Å². The summed E-state index contributed by atoms with van der Waals surface area (Å²) in [5.41, 5.74) is 0.194. The second-order valence-electron chi connectivity index (χ2n) is 5.84. The Morgan fingerprint density at radius 1 is 1.30 bits per heavy atom. The number of ether oxygens (including phenoxy) is 1. The van der Waals surface area contributed by atoms with Crippen LogP contribution in [0.4, 0.5) is 10.9 Å². The molecule has 1 amide bonds. The van der Waals surface area contributed by atoms with Crippen molar-refractivity contribution in [3.63, 3.8) is 0 Å². The maximum Gasteiger partial charge on any atom is 0.358 e. The standard InChI is InChI=1S/C18H21N5O3S/c1-2-6-20-18-21-14(13-27-18)17(25)26-12-16(24)23-10-8-22(9-11-23)15-5-3-4-7-19-15/h2-5,7,13H,1,6,8-12H2,(H,20,21). The zero-order valence-electron chi connectivity index (χ0n) is 14.8. The molecule has 9 heteroatoms. The number of hydrogen-bond acceptors (Lipinski definition) is 8. The molecule has 1 aliphatic rings. The number of piperazine rings is 1. The number of carbonyl (C=O) groups is 2. The molecule has 1 fully saturated rings. The van der Waals surface area contributed by atoms with Crippen LogP contribution in [0.1, 0.15) is 10.5 Å². The zero-order chi connectivity index (χ0) is 19.1. The third-order valence-electron chi connectivity index (χ3n) is 4.04. The van der Waals surface area contributed by atoms with Crippen LogP contribution in [0.2, 0.25) is 0 Å². The van der Waals surface area contributed by atoms with Crippen LogP contribution in [0.5, 0.6) is 0 Å². The Kier molecular flexibility index (Phi) is 6.37. The lowest BCUT2D eigenvalue weighted by Crippen LogP contribution is -2.50. The van der Waals surface area contributed by atoms with Crippen LogP contribution < -0.4 is 10.2 Å². The molecule has 142 valence electrons. The van der Waals surface area contributed by atoms with Crippen LogP contribution in [-0.4, -0.2) is 66.1 Å². The van der Waals surface area contributed by atoms with Gasteiger partial charge in [0.1, 0.15) is 5.82 Å². The van der Waals surface area contributed by atoms with Gasteiger partial charge in [0.25, 0.3) is 5.91 Å². The fourth-order valence-corrected chi connectivity index (χ4v) is 3.32. The van der Waals surface area contributed by atoms with Crippen LogP contribution >= 0.6 is 11.3 Å². The third kappa shape index (κ3) is 5.04. The highest BCUT2D eigenvalue weighted by Gasteiger charge is 2.23. The van der Waals surface area contributed by atoms with E-state index in [4.69, 9.17) is 4.74 Å². The molecule has 0 radical (unpaired) electrons. The number of rotatable bonds is 7. The molecule has 2 aromatic heterocycles. The Bertz CT molecular complexity index is 787. The molecule has 27 heavy (non-hydrogen) atoms. The minimum absolute atomic E-state index is 0.194. The van der Waals surface area contributed by atoms with Crippen molar-refractivity contribution in [2.24, 2.45) is 0 Å². The summed E-state index contributed by atoms with van der Waals surface area (Å²) in [5, 5.41) is 5.21. The largest absolute Gasteiger partial charge is 0.451 e. The van der Waals surface area contributed by atoms with Gasteiger partial charge < -0.3 is 19.9 Å². The minimum Gasteiger partial charge on any atom is -0.451 e. The van der Waals surface area contributed by atoms with E-state index in [9.17, 15) is 9.59 Å². The van der Waals surface area contributed by atoms with E-state index >= 15 is 0 Å². The van der Waals surface area contributed by atoms with Gasteiger partial charge in [0.15, 0.2) is 17.4 Å². The summed E-state index contributed by atoms with van der Waals surface area (Å²) in [7, 11) is 0. The van der Waals surface area contributed by atoms with Gasteiger partial charge in [0.2, 0.25) is 0 Å². The summed E-state index contributed by atoms with van der Waals surface area (Å²) >= 11 is 1.30. The summed E-state index contributed by atoms with van der Waals surface area (Å²) in [4.78, 5) is 36.6. The number of nitrogens with one attached hydrogen (secondary N) is 1. The van der Waals surface area contributed by atoms with Crippen LogP contribution in [-0.2, 0) is 9.53 Å². The van der Waals surface area contributed by atoms with Gasteiger partial charge in [-0.05, 0) is 12.1 Å². The van der Waals surface area contributed by atoms with Crippen molar-refractivity contribution >= 4 is 34.2 Å². The maximum absolute atomic E-state index is 12.3. The van der Waals surface area contributed by atoms with Gasteiger partial charge in [-0.25, -0.2) is 14.8 Å². The van der Waals surface area contributed by atoms with Crippen molar-refractivity contribution in [2.75, 3.05) is 49.5 Å². The van der Waals surface area contributed by atoms with Crippen molar-refractivity contribution in [2.45, 2.75) is 0 Å². The number of amides is 1. The number of nitrogens with zero attached hydrogens (tertiary/aromatic N) is 4. The first-order valence-corrected chi connectivity index (χ1v) is 9.46. The first-order chi connectivity index (χ1) is 13.2. The van der Waals surface area contributed by atoms with Gasteiger partial charge in [0.05, 0.1) is 0 Å². The maximum atomic E-state index is 12.3. The van der Waals surface area contributed by atoms with Gasteiger partial charge in [-0.3, -0.25) is 4.79 Å². The van der Waals surface area contributed by atoms with Crippen molar-refractivity contribution in [3.8, 4) is 0 Å². The highest BCUT2D eigenvalue weighted by atomic mass is 32.1. The molecule has 0 spiro atoms. The monoisotopic (exact) mass is 387 g/mol. The lowest BCUT2D eigenvalue weighted by Gasteiger charge is -2.35. The Morgan fingerprint density at radius 3 is 2.81 bits per heavy atom. The topological polar surface area (TPSA) is 87.7 Å². The Balaban J connectivity index is 1.43. The molecule has 0 bridgehead atoms. The Hall–Kier alpha value is -2.94. The molecule has 3 rings (SSSR count). The average molecular weight is 387 g/mol. The van der Waals surface area contributed by atoms with Gasteiger partial charge in [-0.15, -0.1) is 17.9 Å². The number of anilines is 2. The van der Waals surface area contributed by atoms with E-state index in [2.05, 4.69) is 26.8 Å². The molecular weight excluding hydrogens is 366 g/mol. The van der Waals surface area contributed by atoms with E-state index < -0.39 is 5.97 Å². The highest BCUT2D eigenvalue weighted by Crippen LogP contribution is 2.16. The van der Waals surface area contributed by atoms with Crippen LogP contribution in [0.15, 0.2) is 42.4 Å². The number of aromatic nitrogens is 2. The molecule has 0 saturated carbocycles. The van der Waals surface area contributed by atoms with E-state index in [1.807, 2.05) is 18.2 Å². The second kappa shape index (κ2) is 9.13. The number of thiazole rings is 1. The molecule has 1 N–H and O–H groups in total. The summed E-state index contributed by atoms with van der Waals surface area (Å²) in [5.74, 6) is 0.100. The molecular formula is C18H21N5O3S. The van der Waals surface area contributed by atoms with Crippen LogP contribution in [0.3, 0.4) is 0 Å². The van der Waals surface area contributed by atoms with E-state index in [0.29, 0.717) is 37.9 Å². The Labute approximate surface area is 161 Å². The highest BCUT2D eigenvalue weighted by molar-refractivity contribution is 7.13. The van der Waals surface area contributed by atoms with E-state index in [-0.39, 0.29) is 18.2 Å². The fraction of sp³-hybridized carbons (Fsp3) is 0.333. The average Bonchev–Trinajstić information content (AvgIpc) is 3.20. The van der Waals surface area contributed by atoms with Crippen LogP contribution in [0.25, 0.3) is 0 Å². The minimum atomic E-state index is -0.599. The van der Waals surface area contributed by atoms with Gasteiger partial charge >= 0.3 is 5.97 Å². The number of carbonyl (C=O) groups excluding carboxylic acids is 2. The lowest BCUT2D eigenvalue weighted by molar-refractivity contribution is -0.134. The normalized spacial score (nSPS) is 13.9. The third-order valence-corrected chi connectivity index (χ3v) is 4.84. The first-order valence-electron chi connectivity index (χ1n) is 8.58. The predicted molar refractivity (Wildman–Crippen MR) is 104 cm³/mol. The molecule has 8 nitrogen and oxygen atoms in total. The number of hydrogen-bond donors (Lipinski definition) is 1. The summed E-state index contributed by atoms with van der Waals surface area (Å²) in [6, 6.07) is 5.76. The van der Waals surface area contributed by atoms with E-state index in [1.54, 1.807) is 22.6 Å². The summed E-state index contributed by atoms with van der Waals surface area (Å²) < 4.78 is 5.11. The molecule has 2 aromatic rings. The predicted octanol–water partition coefficient (Wildman–Crippen LogP) is 1.64. The smallest absolute Gasteiger partial charge is 0.358 e. The van der Waals surface area contributed by atoms with Crippen molar-refractivity contribution in [1.82, 2.24) is 14.9 Å². The second-order valence-corrected chi connectivity index (χ2v) is 6.70. The molecule has 1 saturated heterocycles. The fourth-order valence-electron chi connectivity index (χ4n) is 2.63. The lowest BCUT2D eigenvalue weighted by atomic mass is 10.3. The van der Waals surface area contributed by atoms with E-state index in [1.165, 1.54) is 11.3 Å². The van der Waals surface area contributed by atoms with Crippen molar-refractivity contribution in [3.05, 3.63) is 48.1 Å². The molecule has 0 unspecified atom stereocenters.